The van der Waals surface area contributed by atoms with Crippen LogP contribution in [-0.4, -0.2) is 45.3 Å². The first-order chi connectivity index (χ1) is 16.2. The van der Waals surface area contributed by atoms with Crippen molar-refractivity contribution in [2.24, 2.45) is 17.9 Å². The number of rotatable bonds is 3. The van der Waals surface area contributed by atoms with Crippen LogP contribution in [0.25, 0.3) is 11.2 Å². The van der Waals surface area contributed by atoms with Crippen LogP contribution < -0.4 is 15.5 Å². The van der Waals surface area contributed by atoms with Gasteiger partial charge in [-0.05, 0) is 48.9 Å². The SMILES string of the molecule is Cn1c(=O)n(CC(C)(C)C)c2ccc(N3CCCC4(CCN(c5ncccc5C#N)C4)C3)nc21. The highest BCUT2D eigenvalue weighted by atomic mass is 16.1. The molecule has 2 aliphatic heterocycles. The third kappa shape index (κ3) is 3.93. The summed E-state index contributed by atoms with van der Waals surface area (Å²) in [5.41, 5.74) is 2.42. The molecule has 0 amide bonds. The van der Waals surface area contributed by atoms with Gasteiger partial charge in [0.15, 0.2) is 5.65 Å². The Kier molecular flexibility index (Phi) is 5.38. The fourth-order valence-electron chi connectivity index (χ4n) is 5.66. The molecule has 1 atom stereocenters. The first kappa shape index (κ1) is 22.5. The Morgan fingerprint density at radius 2 is 1.91 bits per heavy atom. The van der Waals surface area contributed by atoms with Crippen LogP contribution in [0.5, 0.6) is 0 Å². The zero-order valence-corrected chi connectivity index (χ0v) is 20.6. The molecule has 2 saturated heterocycles. The van der Waals surface area contributed by atoms with E-state index < -0.39 is 0 Å². The molecular formula is C26H33N7O. The predicted octanol–water partition coefficient (Wildman–Crippen LogP) is 3.54. The molecule has 1 unspecified atom stereocenters. The van der Waals surface area contributed by atoms with Gasteiger partial charge < -0.3 is 9.80 Å². The van der Waals surface area contributed by atoms with Crippen LogP contribution in [-0.2, 0) is 13.6 Å². The minimum absolute atomic E-state index is 0.00337. The van der Waals surface area contributed by atoms with E-state index in [9.17, 15) is 10.1 Å². The van der Waals surface area contributed by atoms with Crippen LogP contribution in [0.15, 0.2) is 35.3 Å². The van der Waals surface area contributed by atoms with Gasteiger partial charge in [-0.25, -0.2) is 14.8 Å². The van der Waals surface area contributed by atoms with Gasteiger partial charge in [0, 0.05) is 51.4 Å². The number of nitrogens with zero attached hydrogens (tertiary/aromatic N) is 7. The van der Waals surface area contributed by atoms with Gasteiger partial charge in [-0.2, -0.15) is 5.26 Å². The maximum Gasteiger partial charge on any atom is 0.330 e. The van der Waals surface area contributed by atoms with Gasteiger partial charge in [-0.3, -0.25) is 9.13 Å². The topological polar surface area (TPSA) is 83.0 Å². The van der Waals surface area contributed by atoms with Gasteiger partial charge in [0.05, 0.1) is 11.1 Å². The Balaban J connectivity index is 1.41. The highest BCUT2D eigenvalue weighted by Gasteiger charge is 2.42. The third-order valence-corrected chi connectivity index (χ3v) is 7.23. The summed E-state index contributed by atoms with van der Waals surface area (Å²) in [5.74, 6) is 1.73. The highest BCUT2D eigenvalue weighted by Crippen LogP contribution is 2.41. The summed E-state index contributed by atoms with van der Waals surface area (Å²) in [7, 11) is 1.81. The van der Waals surface area contributed by atoms with E-state index in [1.54, 1.807) is 10.8 Å². The summed E-state index contributed by atoms with van der Waals surface area (Å²) >= 11 is 0. The van der Waals surface area contributed by atoms with Gasteiger partial charge in [0.25, 0.3) is 0 Å². The Hall–Kier alpha value is -3.34. The minimum atomic E-state index is -0.0141. The van der Waals surface area contributed by atoms with E-state index in [0.29, 0.717) is 12.1 Å². The van der Waals surface area contributed by atoms with E-state index in [-0.39, 0.29) is 16.5 Å². The number of hydrogen-bond acceptors (Lipinski definition) is 6. The molecule has 0 radical (unpaired) electrons. The summed E-state index contributed by atoms with van der Waals surface area (Å²) in [6, 6.07) is 10.1. The maximum atomic E-state index is 12.9. The van der Waals surface area contributed by atoms with Crippen molar-refractivity contribution in [2.45, 2.75) is 46.6 Å². The quantitative estimate of drug-likeness (QED) is 0.596. The van der Waals surface area contributed by atoms with Crippen LogP contribution >= 0.6 is 0 Å². The van der Waals surface area contributed by atoms with Crippen LogP contribution in [0.3, 0.4) is 0 Å². The second kappa shape index (κ2) is 8.15. The maximum absolute atomic E-state index is 12.9. The molecule has 5 rings (SSSR count). The van der Waals surface area contributed by atoms with Crippen molar-refractivity contribution in [3.05, 3.63) is 46.5 Å². The van der Waals surface area contributed by atoms with Crippen LogP contribution in [0.2, 0.25) is 0 Å². The van der Waals surface area contributed by atoms with E-state index >= 15 is 0 Å². The van der Waals surface area contributed by atoms with Crippen molar-refractivity contribution in [3.63, 3.8) is 0 Å². The summed E-state index contributed by atoms with van der Waals surface area (Å²) in [6.07, 6.45) is 5.11. The van der Waals surface area contributed by atoms with E-state index in [1.807, 2.05) is 23.7 Å². The monoisotopic (exact) mass is 459 g/mol. The lowest BCUT2D eigenvalue weighted by molar-refractivity contribution is 0.263. The fourth-order valence-corrected chi connectivity index (χ4v) is 5.66. The van der Waals surface area contributed by atoms with E-state index in [0.717, 1.165) is 68.2 Å². The summed E-state index contributed by atoms with van der Waals surface area (Å²) in [4.78, 5) is 27.0. The molecular weight excluding hydrogens is 426 g/mol. The summed E-state index contributed by atoms with van der Waals surface area (Å²) < 4.78 is 3.52. The molecule has 0 saturated carbocycles. The van der Waals surface area contributed by atoms with Gasteiger partial charge in [0.1, 0.15) is 17.7 Å². The Morgan fingerprint density at radius 1 is 1.12 bits per heavy atom. The van der Waals surface area contributed by atoms with Gasteiger partial charge >= 0.3 is 5.69 Å². The molecule has 2 aliphatic rings. The molecule has 3 aromatic heterocycles. The normalized spacial score (nSPS) is 20.9. The fraction of sp³-hybridized carbons (Fsp3) is 0.538. The molecule has 0 aromatic carbocycles. The molecule has 2 fully saturated rings. The average molecular weight is 460 g/mol. The molecule has 0 aliphatic carbocycles. The van der Waals surface area contributed by atoms with Gasteiger partial charge in [-0.1, -0.05) is 20.8 Å². The number of fused-ring (bicyclic) bond motifs is 1. The average Bonchev–Trinajstić information content (AvgIpc) is 3.32. The van der Waals surface area contributed by atoms with Crippen LogP contribution in [0.1, 0.15) is 45.6 Å². The summed E-state index contributed by atoms with van der Waals surface area (Å²) in [5, 5.41) is 9.50. The molecule has 8 heteroatoms. The summed E-state index contributed by atoms with van der Waals surface area (Å²) in [6.45, 7) is 10.8. The highest BCUT2D eigenvalue weighted by molar-refractivity contribution is 5.74. The van der Waals surface area contributed by atoms with Gasteiger partial charge in [-0.15, -0.1) is 0 Å². The molecule has 0 bridgehead atoms. The molecule has 8 nitrogen and oxygen atoms in total. The zero-order valence-electron chi connectivity index (χ0n) is 20.6. The Morgan fingerprint density at radius 3 is 2.68 bits per heavy atom. The minimum Gasteiger partial charge on any atom is -0.356 e. The number of aryl methyl sites for hydroxylation is 1. The molecule has 178 valence electrons. The van der Waals surface area contributed by atoms with E-state index in [1.165, 1.54) is 0 Å². The third-order valence-electron chi connectivity index (χ3n) is 7.23. The number of hydrogen-bond donors (Lipinski definition) is 0. The van der Waals surface area contributed by atoms with Crippen molar-refractivity contribution in [3.8, 4) is 6.07 Å². The molecule has 5 heterocycles. The molecule has 3 aromatic rings. The zero-order chi connectivity index (χ0) is 24.1. The lowest BCUT2D eigenvalue weighted by Gasteiger charge is -2.41. The number of piperidine rings is 1. The smallest absolute Gasteiger partial charge is 0.330 e. The number of pyridine rings is 2. The lowest BCUT2D eigenvalue weighted by Crippen LogP contribution is -2.45. The number of aromatic nitrogens is 4. The first-order valence-electron chi connectivity index (χ1n) is 12.1. The van der Waals surface area contributed by atoms with Crippen LogP contribution in [0, 0.1) is 22.2 Å². The van der Waals surface area contributed by atoms with Crippen molar-refractivity contribution < 1.29 is 0 Å². The second-order valence-corrected chi connectivity index (χ2v) is 11.2. The largest absolute Gasteiger partial charge is 0.356 e. The molecule has 1 spiro atoms. The first-order valence-corrected chi connectivity index (χ1v) is 12.1. The Bertz CT molecular complexity index is 1330. The van der Waals surface area contributed by atoms with Gasteiger partial charge in [0.2, 0.25) is 0 Å². The van der Waals surface area contributed by atoms with Crippen molar-refractivity contribution in [1.82, 2.24) is 19.1 Å². The second-order valence-electron chi connectivity index (χ2n) is 11.2. The van der Waals surface area contributed by atoms with Crippen molar-refractivity contribution in [1.29, 1.82) is 5.26 Å². The van der Waals surface area contributed by atoms with Crippen molar-refractivity contribution >= 4 is 22.8 Å². The van der Waals surface area contributed by atoms with E-state index in [2.05, 4.69) is 53.8 Å². The molecule has 34 heavy (non-hydrogen) atoms. The Labute approximate surface area is 200 Å². The standard InChI is InChI=1S/C26H33N7O/c1-25(2,3)16-33-20-8-9-21(29-23(20)30(4)24(33)34)31-13-6-10-26(17-31)11-14-32(18-26)22-19(15-27)7-5-12-28-22/h5,7-9,12H,6,10-11,13-14,16-18H2,1-4H3. The number of nitriles is 1. The molecule has 0 N–H and O–H groups in total. The van der Waals surface area contributed by atoms with E-state index in [4.69, 9.17) is 4.98 Å². The van der Waals surface area contributed by atoms with Crippen molar-refractivity contribution in [2.75, 3.05) is 36.0 Å². The number of imidazole rings is 1. The van der Waals surface area contributed by atoms with Crippen LogP contribution in [0.4, 0.5) is 11.6 Å². The number of anilines is 2. The predicted molar refractivity (Wildman–Crippen MR) is 134 cm³/mol. The lowest BCUT2D eigenvalue weighted by atomic mass is 9.79.